The Balaban J connectivity index is 2.36. The van der Waals surface area contributed by atoms with E-state index in [2.05, 4.69) is 10.3 Å². The van der Waals surface area contributed by atoms with Crippen LogP contribution in [0.25, 0.3) is 0 Å². The molecule has 1 unspecified atom stereocenters. The van der Waals surface area contributed by atoms with Crippen molar-refractivity contribution in [3.63, 3.8) is 0 Å². The molecular formula is C8H13N3O. The highest BCUT2D eigenvalue weighted by Crippen LogP contribution is 2.29. The molecule has 0 aliphatic heterocycles. The van der Waals surface area contributed by atoms with Crippen LogP contribution in [0.15, 0.2) is 4.42 Å². The Morgan fingerprint density at radius 3 is 3.25 bits per heavy atom. The summed E-state index contributed by atoms with van der Waals surface area (Å²) in [5.74, 6) is 0.957. The van der Waals surface area contributed by atoms with Crippen molar-refractivity contribution in [2.45, 2.75) is 25.3 Å². The van der Waals surface area contributed by atoms with E-state index in [1.807, 2.05) is 7.05 Å². The molecule has 1 aliphatic carbocycles. The van der Waals surface area contributed by atoms with E-state index >= 15 is 0 Å². The van der Waals surface area contributed by atoms with Gasteiger partial charge in [0.1, 0.15) is 11.5 Å². The van der Waals surface area contributed by atoms with Crippen molar-refractivity contribution in [3.8, 4) is 0 Å². The summed E-state index contributed by atoms with van der Waals surface area (Å²) in [4.78, 5) is 4.15. The van der Waals surface area contributed by atoms with Crippen LogP contribution < -0.4 is 11.1 Å². The molecule has 3 N–H and O–H groups in total. The summed E-state index contributed by atoms with van der Waals surface area (Å²) < 4.78 is 5.26. The molecule has 1 atom stereocenters. The first-order valence-corrected chi connectivity index (χ1v) is 4.23. The first kappa shape index (κ1) is 7.61. The van der Waals surface area contributed by atoms with Gasteiger partial charge in [0.05, 0.1) is 6.04 Å². The van der Waals surface area contributed by atoms with E-state index in [4.69, 9.17) is 10.2 Å². The molecule has 1 aliphatic rings. The Kier molecular flexibility index (Phi) is 1.77. The van der Waals surface area contributed by atoms with Gasteiger partial charge in [-0.05, 0) is 19.9 Å². The predicted octanol–water partition coefficient (Wildman–Crippen LogP) is 0.854. The second-order valence-electron chi connectivity index (χ2n) is 3.09. The number of nitrogens with one attached hydrogen (secondary N) is 1. The van der Waals surface area contributed by atoms with Gasteiger partial charge in [0.15, 0.2) is 0 Å². The summed E-state index contributed by atoms with van der Waals surface area (Å²) in [6, 6.07) is 0.622. The van der Waals surface area contributed by atoms with Crippen molar-refractivity contribution >= 4 is 6.01 Å². The number of nitrogen functional groups attached to an aromatic ring is 1. The molecule has 4 heteroatoms. The van der Waals surface area contributed by atoms with Crippen LogP contribution in [0.4, 0.5) is 6.01 Å². The number of nitrogens with zero attached hydrogens (tertiary/aromatic N) is 1. The van der Waals surface area contributed by atoms with Crippen LogP contribution in [0, 0.1) is 0 Å². The van der Waals surface area contributed by atoms with Crippen LogP contribution in [0.2, 0.25) is 0 Å². The van der Waals surface area contributed by atoms with E-state index in [1.54, 1.807) is 0 Å². The molecule has 66 valence electrons. The molecule has 1 aromatic heterocycles. The lowest BCUT2D eigenvalue weighted by Gasteiger charge is -2.18. The molecule has 0 aromatic carbocycles. The third-order valence-electron chi connectivity index (χ3n) is 2.32. The molecule has 0 bridgehead atoms. The summed E-state index contributed by atoms with van der Waals surface area (Å²) in [6.07, 6.45) is 3.24. The first-order valence-electron chi connectivity index (χ1n) is 4.23. The van der Waals surface area contributed by atoms with Crippen molar-refractivity contribution in [3.05, 3.63) is 11.5 Å². The van der Waals surface area contributed by atoms with Crippen molar-refractivity contribution in [1.82, 2.24) is 10.3 Å². The van der Waals surface area contributed by atoms with Gasteiger partial charge in [0.2, 0.25) is 0 Å². The molecule has 0 saturated carbocycles. The van der Waals surface area contributed by atoms with Crippen LogP contribution >= 0.6 is 0 Å². The van der Waals surface area contributed by atoms with Crippen LogP contribution in [-0.4, -0.2) is 12.0 Å². The fourth-order valence-corrected chi connectivity index (χ4v) is 1.72. The van der Waals surface area contributed by atoms with Crippen LogP contribution in [0.5, 0.6) is 0 Å². The van der Waals surface area contributed by atoms with Crippen molar-refractivity contribution in [1.29, 1.82) is 0 Å². The van der Waals surface area contributed by atoms with Crippen molar-refractivity contribution in [2.24, 2.45) is 0 Å². The number of hydrogen-bond acceptors (Lipinski definition) is 4. The molecule has 0 amide bonds. The Morgan fingerprint density at radius 2 is 2.50 bits per heavy atom. The lowest BCUT2D eigenvalue weighted by Crippen LogP contribution is -2.21. The highest BCUT2D eigenvalue weighted by atomic mass is 16.4. The Morgan fingerprint density at radius 1 is 1.67 bits per heavy atom. The van der Waals surface area contributed by atoms with Gasteiger partial charge in [0.25, 0.3) is 6.01 Å². The second-order valence-corrected chi connectivity index (χ2v) is 3.09. The maximum Gasteiger partial charge on any atom is 0.292 e. The standard InChI is InChI=1S/C8H13N3O/c1-10-5-3-2-4-6-7(5)11-8(9)12-6/h5,10H,2-4H2,1H3,(H2,9,11). The number of anilines is 1. The van der Waals surface area contributed by atoms with Gasteiger partial charge >= 0.3 is 0 Å². The average molecular weight is 167 g/mol. The van der Waals surface area contributed by atoms with Crippen molar-refractivity contribution in [2.75, 3.05) is 12.8 Å². The summed E-state index contributed by atoms with van der Waals surface area (Å²) in [7, 11) is 1.94. The number of hydrogen-bond donors (Lipinski definition) is 2. The minimum Gasteiger partial charge on any atom is -0.429 e. The van der Waals surface area contributed by atoms with Gasteiger partial charge in [-0.2, -0.15) is 4.98 Å². The molecule has 4 nitrogen and oxygen atoms in total. The number of rotatable bonds is 1. The normalized spacial score (nSPS) is 22.2. The zero-order chi connectivity index (χ0) is 8.55. The Hall–Kier alpha value is -1.03. The lowest BCUT2D eigenvalue weighted by atomic mass is 9.97. The first-order chi connectivity index (χ1) is 5.81. The number of aryl methyl sites for hydroxylation is 1. The molecular weight excluding hydrogens is 154 g/mol. The van der Waals surface area contributed by atoms with E-state index in [0.717, 1.165) is 30.7 Å². The van der Waals surface area contributed by atoms with Gasteiger partial charge in [-0.3, -0.25) is 0 Å². The van der Waals surface area contributed by atoms with E-state index in [-0.39, 0.29) is 0 Å². The quantitative estimate of drug-likeness (QED) is 0.651. The van der Waals surface area contributed by atoms with Gasteiger partial charge in [-0.25, -0.2) is 0 Å². The predicted molar refractivity (Wildman–Crippen MR) is 45.7 cm³/mol. The number of oxazole rings is 1. The third-order valence-corrected chi connectivity index (χ3v) is 2.32. The smallest absolute Gasteiger partial charge is 0.292 e. The van der Waals surface area contributed by atoms with E-state index < -0.39 is 0 Å². The summed E-state index contributed by atoms with van der Waals surface area (Å²) >= 11 is 0. The van der Waals surface area contributed by atoms with Gasteiger partial charge < -0.3 is 15.5 Å². The van der Waals surface area contributed by atoms with E-state index in [1.165, 1.54) is 0 Å². The summed E-state index contributed by atoms with van der Waals surface area (Å²) in [5, 5.41) is 3.20. The molecule has 12 heavy (non-hydrogen) atoms. The van der Waals surface area contributed by atoms with Gasteiger partial charge in [0, 0.05) is 6.42 Å². The molecule has 1 heterocycles. The zero-order valence-corrected chi connectivity index (χ0v) is 7.13. The van der Waals surface area contributed by atoms with Crippen molar-refractivity contribution < 1.29 is 4.42 Å². The largest absolute Gasteiger partial charge is 0.429 e. The molecule has 2 rings (SSSR count). The fraction of sp³-hybridized carbons (Fsp3) is 0.625. The highest BCUT2D eigenvalue weighted by molar-refractivity contribution is 5.24. The topological polar surface area (TPSA) is 64.1 Å². The Bertz CT molecular complexity index is 282. The Labute approximate surface area is 71.2 Å². The fourth-order valence-electron chi connectivity index (χ4n) is 1.72. The van der Waals surface area contributed by atoms with Crippen LogP contribution in [-0.2, 0) is 6.42 Å². The number of fused-ring (bicyclic) bond motifs is 1. The van der Waals surface area contributed by atoms with Crippen LogP contribution in [0.1, 0.15) is 30.3 Å². The minimum atomic E-state index is 0.294. The zero-order valence-electron chi connectivity index (χ0n) is 7.13. The van der Waals surface area contributed by atoms with Crippen LogP contribution in [0.3, 0.4) is 0 Å². The molecule has 0 fully saturated rings. The summed E-state index contributed by atoms with van der Waals surface area (Å²) in [6.45, 7) is 0. The minimum absolute atomic E-state index is 0.294. The number of aromatic nitrogens is 1. The monoisotopic (exact) mass is 167 g/mol. The average Bonchev–Trinajstić information content (AvgIpc) is 2.44. The maximum atomic E-state index is 5.47. The third kappa shape index (κ3) is 1.08. The van der Waals surface area contributed by atoms with Gasteiger partial charge in [-0.15, -0.1) is 0 Å². The maximum absolute atomic E-state index is 5.47. The lowest BCUT2D eigenvalue weighted by molar-refractivity contribution is 0.433. The molecule has 0 radical (unpaired) electrons. The SMILES string of the molecule is CNC1CCCc2oc(N)nc21. The number of nitrogens with two attached hydrogens (primary N) is 1. The second kappa shape index (κ2) is 2.79. The molecule has 0 spiro atoms. The molecule has 0 saturated heterocycles. The molecule has 1 aromatic rings. The summed E-state index contributed by atoms with van der Waals surface area (Å²) in [5.41, 5.74) is 6.47. The van der Waals surface area contributed by atoms with E-state index in [9.17, 15) is 0 Å². The van der Waals surface area contributed by atoms with E-state index in [0.29, 0.717) is 12.1 Å². The highest BCUT2D eigenvalue weighted by Gasteiger charge is 2.23. The van der Waals surface area contributed by atoms with Gasteiger partial charge in [-0.1, -0.05) is 0 Å².